The molecular formula is C17H28O2. The fraction of sp³-hybridized carbons (Fsp3) is 0.882. The van der Waals surface area contributed by atoms with E-state index in [-0.39, 0.29) is 0 Å². The van der Waals surface area contributed by atoms with E-state index in [0.29, 0.717) is 24.4 Å². The van der Waals surface area contributed by atoms with Crippen LogP contribution >= 0.6 is 0 Å². The number of Topliss-reactive ketones (excluding diaryl/α,β-unsaturated/α-hetero) is 2. The standard InChI is InChI=1S/C17H28O2/c18-16-9-4-2-1-3-7-14-13-15(14)8-5-10-17(19)12-6-11-16/h14-15H,1-13H2. The first-order chi connectivity index (χ1) is 9.25. The van der Waals surface area contributed by atoms with E-state index < -0.39 is 0 Å². The van der Waals surface area contributed by atoms with Crippen molar-refractivity contribution in [3.05, 3.63) is 0 Å². The molecule has 0 bridgehead atoms. The summed E-state index contributed by atoms with van der Waals surface area (Å²) in [5.41, 5.74) is 0. The van der Waals surface area contributed by atoms with Gasteiger partial charge >= 0.3 is 0 Å². The van der Waals surface area contributed by atoms with Crippen LogP contribution in [0, 0.1) is 11.8 Å². The van der Waals surface area contributed by atoms with E-state index in [1.54, 1.807) is 0 Å². The minimum Gasteiger partial charge on any atom is -0.300 e. The number of carbonyl (C=O) groups excluding carboxylic acids is 2. The maximum Gasteiger partial charge on any atom is 0.132 e. The Kier molecular flexibility index (Phi) is 6.06. The first-order valence-corrected chi connectivity index (χ1v) is 8.29. The van der Waals surface area contributed by atoms with Crippen LogP contribution < -0.4 is 0 Å². The van der Waals surface area contributed by atoms with Gasteiger partial charge in [-0.25, -0.2) is 0 Å². The van der Waals surface area contributed by atoms with Crippen LogP contribution in [0.2, 0.25) is 0 Å². The molecule has 0 spiro atoms. The zero-order valence-corrected chi connectivity index (χ0v) is 12.2. The molecule has 0 saturated heterocycles. The lowest BCUT2D eigenvalue weighted by atomic mass is 10.0. The van der Waals surface area contributed by atoms with Crippen LogP contribution in [0.15, 0.2) is 0 Å². The molecule has 2 aliphatic carbocycles. The van der Waals surface area contributed by atoms with Crippen LogP contribution in [0.25, 0.3) is 0 Å². The number of carbonyl (C=O) groups is 2. The second-order valence-electron chi connectivity index (χ2n) is 6.53. The second kappa shape index (κ2) is 7.81. The number of hydrogen-bond donors (Lipinski definition) is 0. The lowest BCUT2D eigenvalue weighted by molar-refractivity contribution is -0.120. The van der Waals surface area contributed by atoms with Gasteiger partial charge in [0.2, 0.25) is 0 Å². The monoisotopic (exact) mass is 264 g/mol. The van der Waals surface area contributed by atoms with Crippen molar-refractivity contribution in [3.63, 3.8) is 0 Å². The summed E-state index contributed by atoms with van der Waals surface area (Å²) in [6.07, 6.45) is 13.5. The summed E-state index contributed by atoms with van der Waals surface area (Å²) in [6.45, 7) is 0. The molecule has 19 heavy (non-hydrogen) atoms. The first kappa shape index (κ1) is 14.7. The highest BCUT2D eigenvalue weighted by molar-refractivity contribution is 5.81. The van der Waals surface area contributed by atoms with Gasteiger partial charge in [-0.05, 0) is 43.9 Å². The number of fused-ring (bicyclic) bond motifs is 1. The Balaban J connectivity index is 1.71. The summed E-state index contributed by atoms with van der Waals surface area (Å²) in [5.74, 6) is 2.63. The van der Waals surface area contributed by atoms with Crippen molar-refractivity contribution in [2.75, 3.05) is 0 Å². The van der Waals surface area contributed by atoms with Crippen molar-refractivity contribution in [1.82, 2.24) is 0 Å². The quantitative estimate of drug-likeness (QED) is 0.647. The first-order valence-electron chi connectivity index (χ1n) is 8.29. The normalized spacial score (nSPS) is 31.8. The molecule has 2 aliphatic rings. The molecule has 2 fully saturated rings. The molecule has 0 amide bonds. The Morgan fingerprint density at radius 2 is 1.11 bits per heavy atom. The largest absolute Gasteiger partial charge is 0.300 e. The van der Waals surface area contributed by atoms with E-state index in [2.05, 4.69) is 0 Å². The molecule has 0 aromatic heterocycles. The number of rotatable bonds is 0. The van der Waals surface area contributed by atoms with Crippen LogP contribution in [0.1, 0.15) is 83.5 Å². The third-order valence-corrected chi connectivity index (χ3v) is 4.79. The number of ketones is 2. The van der Waals surface area contributed by atoms with Crippen molar-refractivity contribution >= 4 is 11.6 Å². The van der Waals surface area contributed by atoms with E-state index in [1.165, 1.54) is 38.5 Å². The van der Waals surface area contributed by atoms with E-state index in [4.69, 9.17) is 0 Å². The molecule has 108 valence electrons. The predicted molar refractivity (Wildman–Crippen MR) is 77.0 cm³/mol. The van der Waals surface area contributed by atoms with Gasteiger partial charge in [0.15, 0.2) is 0 Å². The molecule has 0 radical (unpaired) electrons. The van der Waals surface area contributed by atoms with E-state index in [1.807, 2.05) is 0 Å². The third kappa shape index (κ3) is 5.88. The fourth-order valence-electron chi connectivity index (χ4n) is 3.39. The molecule has 2 saturated carbocycles. The molecule has 2 atom stereocenters. The highest BCUT2D eigenvalue weighted by Gasteiger charge is 2.35. The molecule has 0 N–H and O–H groups in total. The third-order valence-electron chi connectivity index (χ3n) is 4.79. The summed E-state index contributed by atoms with van der Waals surface area (Å²) < 4.78 is 0. The predicted octanol–water partition coefficient (Wildman–Crippen LogP) is 4.46. The fourth-order valence-corrected chi connectivity index (χ4v) is 3.39. The van der Waals surface area contributed by atoms with Gasteiger partial charge in [0.25, 0.3) is 0 Å². The molecule has 2 rings (SSSR count). The van der Waals surface area contributed by atoms with E-state index in [0.717, 1.165) is 43.9 Å². The minimum atomic E-state index is 0.363. The summed E-state index contributed by atoms with van der Waals surface area (Å²) in [4.78, 5) is 23.3. The minimum absolute atomic E-state index is 0.363. The van der Waals surface area contributed by atoms with Crippen LogP contribution in [-0.2, 0) is 9.59 Å². The molecule has 2 nitrogen and oxygen atoms in total. The van der Waals surface area contributed by atoms with Crippen molar-refractivity contribution in [3.8, 4) is 0 Å². The molecule has 0 heterocycles. The van der Waals surface area contributed by atoms with Crippen LogP contribution in [-0.4, -0.2) is 11.6 Å². The van der Waals surface area contributed by atoms with Gasteiger partial charge in [0.05, 0.1) is 0 Å². The lowest BCUT2D eigenvalue weighted by Crippen LogP contribution is -2.02. The Labute approximate surface area is 117 Å². The molecule has 0 aliphatic heterocycles. The maximum absolute atomic E-state index is 11.7. The van der Waals surface area contributed by atoms with Gasteiger partial charge in [-0.1, -0.05) is 25.7 Å². The van der Waals surface area contributed by atoms with Crippen LogP contribution in [0.3, 0.4) is 0 Å². The smallest absolute Gasteiger partial charge is 0.132 e. The zero-order chi connectivity index (χ0) is 13.5. The van der Waals surface area contributed by atoms with Gasteiger partial charge in [0, 0.05) is 25.7 Å². The van der Waals surface area contributed by atoms with E-state index in [9.17, 15) is 9.59 Å². The molecule has 2 unspecified atom stereocenters. The average Bonchev–Trinajstić information content (AvgIpc) is 3.11. The van der Waals surface area contributed by atoms with Crippen LogP contribution in [0.5, 0.6) is 0 Å². The van der Waals surface area contributed by atoms with Gasteiger partial charge in [-0.3, -0.25) is 9.59 Å². The highest BCUT2D eigenvalue weighted by Crippen LogP contribution is 2.45. The second-order valence-corrected chi connectivity index (χ2v) is 6.53. The lowest BCUT2D eigenvalue weighted by Gasteiger charge is -2.05. The average molecular weight is 264 g/mol. The van der Waals surface area contributed by atoms with Gasteiger partial charge in [-0.15, -0.1) is 0 Å². The van der Waals surface area contributed by atoms with E-state index >= 15 is 0 Å². The molecule has 2 heteroatoms. The molecule has 0 aromatic carbocycles. The maximum atomic E-state index is 11.7. The Bertz CT molecular complexity index is 308. The summed E-state index contributed by atoms with van der Waals surface area (Å²) in [6, 6.07) is 0. The van der Waals surface area contributed by atoms with Crippen molar-refractivity contribution in [2.24, 2.45) is 11.8 Å². The van der Waals surface area contributed by atoms with Gasteiger partial charge in [-0.2, -0.15) is 0 Å². The van der Waals surface area contributed by atoms with Crippen molar-refractivity contribution < 1.29 is 9.59 Å². The molecule has 0 aromatic rings. The Morgan fingerprint density at radius 1 is 0.579 bits per heavy atom. The summed E-state index contributed by atoms with van der Waals surface area (Å²) in [7, 11) is 0. The number of hydrogen-bond acceptors (Lipinski definition) is 2. The zero-order valence-electron chi connectivity index (χ0n) is 12.2. The summed E-state index contributed by atoms with van der Waals surface area (Å²) in [5, 5.41) is 0. The Hall–Kier alpha value is -0.660. The Morgan fingerprint density at radius 3 is 1.84 bits per heavy atom. The molecular weight excluding hydrogens is 236 g/mol. The summed E-state index contributed by atoms with van der Waals surface area (Å²) >= 11 is 0. The van der Waals surface area contributed by atoms with Gasteiger partial charge in [0.1, 0.15) is 11.6 Å². The highest BCUT2D eigenvalue weighted by atomic mass is 16.1. The van der Waals surface area contributed by atoms with Gasteiger partial charge < -0.3 is 0 Å². The SMILES string of the molecule is O=C1CCCCCCC2CC2CCCC(=O)CCC1. The van der Waals surface area contributed by atoms with Crippen molar-refractivity contribution in [2.45, 2.75) is 83.5 Å². The van der Waals surface area contributed by atoms with Crippen molar-refractivity contribution in [1.29, 1.82) is 0 Å². The topological polar surface area (TPSA) is 34.1 Å². The van der Waals surface area contributed by atoms with Crippen LogP contribution in [0.4, 0.5) is 0 Å².